The summed E-state index contributed by atoms with van der Waals surface area (Å²) in [5, 5.41) is 6.86. The number of urea groups is 1. The Hall–Kier alpha value is -2.67. The summed E-state index contributed by atoms with van der Waals surface area (Å²) in [5.74, 6) is -0.0233. The molecule has 2 aliphatic rings. The predicted octanol–water partition coefficient (Wildman–Crippen LogP) is 2.14. The van der Waals surface area contributed by atoms with Crippen molar-refractivity contribution in [2.24, 2.45) is 0 Å². The van der Waals surface area contributed by atoms with Gasteiger partial charge in [-0.25, -0.2) is 4.79 Å². The van der Waals surface area contributed by atoms with E-state index >= 15 is 0 Å². The Bertz CT molecular complexity index is 816. The van der Waals surface area contributed by atoms with Crippen LogP contribution >= 0.6 is 11.3 Å². The van der Waals surface area contributed by atoms with Crippen molar-refractivity contribution >= 4 is 23.3 Å². The maximum atomic E-state index is 13.0. The van der Waals surface area contributed by atoms with E-state index in [0.717, 1.165) is 16.8 Å². The smallest absolute Gasteiger partial charge is 0.322 e. The van der Waals surface area contributed by atoms with Gasteiger partial charge in [0, 0.05) is 26.0 Å². The molecule has 0 saturated heterocycles. The Kier molecular flexibility index (Phi) is 3.57. The number of hydrogen-bond donors (Lipinski definition) is 1. The summed E-state index contributed by atoms with van der Waals surface area (Å²) in [6, 6.07) is 5.19. The molecular weight excluding hydrogens is 324 g/mol. The second kappa shape index (κ2) is 5.76. The third-order valence-corrected chi connectivity index (χ3v) is 5.14. The van der Waals surface area contributed by atoms with Crippen LogP contribution in [0, 0.1) is 0 Å². The Labute approximate surface area is 143 Å². The van der Waals surface area contributed by atoms with E-state index in [1.807, 2.05) is 29.0 Å². The molecule has 0 radical (unpaired) electrons. The highest BCUT2D eigenvalue weighted by Crippen LogP contribution is 2.36. The average molecular weight is 340 g/mol. The van der Waals surface area contributed by atoms with Crippen molar-refractivity contribution in [1.82, 2.24) is 20.1 Å². The number of carbonyl (C=O) groups excluding carboxylic acids is 2. The van der Waals surface area contributed by atoms with E-state index in [0.29, 0.717) is 18.7 Å². The Morgan fingerprint density at radius 2 is 2.08 bits per heavy atom. The van der Waals surface area contributed by atoms with Crippen LogP contribution < -0.4 is 5.32 Å². The topological polar surface area (TPSA) is 65.5 Å². The van der Waals surface area contributed by atoms with E-state index in [1.54, 1.807) is 40.6 Å². The van der Waals surface area contributed by atoms with Gasteiger partial charge in [-0.2, -0.15) is 11.3 Å². The number of amides is 3. The van der Waals surface area contributed by atoms with Crippen molar-refractivity contribution in [1.29, 1.82) is 0 Å². The van der Waals surface area contributed by atoms with Gasteiger partial charge in [0.05, 0.1) is 23.9 Å². The Balaban J connectivity index is 1.67. The van der Waals surface area contributed by atoms with Crippen LogP contribution in [0.15, 0.2) is 52.6 Å². The maximum absolute atomic E-state index is 13.0. The van der Waals surface area contributed by atoms with Crippen molar-refractivity contribution in [3.8, 4) is 0 Å². The third kappa shape index (κ3) is 2.37. The molecular formula is C17H16N4O2S. The van der Waals surface area contributed by atoms with Gasteiger partial charge in [-0.3, -0.25) is 14.7 Å². The number of hydrogen-bond acceptors (Lipinski definition) is 4. The normalized spacial score (nSPS) is 20.5. The molecule has 0 bridgehead atoms. The minimum Gasteiger partial charge on any atom is -0.329 e. The summed E-state index contributed by atoms with van der Waals surface area (Å²) < 4.78 is 0. The number of aromatic nitrogens is 1. The zero-order valence-corrected chi connectivity index (χ0v) is 13.9. The van der Waals surface area contributed by atoms with E-state index < -0.39 is 0 Å². The zero-order valence-electron chi connectivity index (χ0n) is 13.1. The lowest BCUT2D eigenvalue weighted by Crippen LogP contribution is -2.45. The summed E-state index contributed by atoms with van der Waals surface area (Å²) in [4.78, 5) is 32.6. The van der Waals surface area contributed by atoms with Crippen molar-refractivity contribution < 1.29 is 9.59 Å². The molecule has 24 heavy (non-hydrogen) atoms. The molecule has 1 N–H and O–H groups in total. The minimum atomic E-state index is -0.370. The summed E-state index contributed by atoms with van der Waals surface area (Å²) >= 11 is 1.55. The van der Waals surface area contributed by atoms with Gasteiger partial charge in [0.1, 0.15) is 0 Å². The van der Waals surface area contributed by atoms with Crippen LogP contribution in [0.5, 0.6) is 0 Å². The first-order valence-electron chi connectivity index (χ1n) is 7.62. The highest BCUT2D eigenvalue weighted by Gasteiger charge is 2.42. The first-order chi connectivity index (χ1) is 11.6. The first-order valence-corrected chi connectivity index (χ1v) is 8.57. The van der Waals surface area contributed by atoms with E-state index in [9.17, 15) is 9.59 Å². The number of thiophene rings is 1. The lowest BCUT2D eigenvalue weighted by Gasteiger charge is -2.30. The van der Waals surface area contributed by atoms with E-state index in [4.69, 9.17) is 0 Å². The molecule has 7 heteroatoms. The van der Waals surface area contributed by atoms with Crippen LogP contribution in [0.4, 0.5) is 4.79 Å². The fourth-order valence-electron chi connectivity index (χ4n) is 3.15. The molecule has 0 fully saturated rings. The zero-order chi connectivity index (χ0) is 16.7. The highest BCUT2D eigenvalue weighted by atomic mass is 32.1. The van der Waals surface area contributed by atoms with Gasteiger partial charge in [0.25, 0.3) is 5.91 Å². The molecule has 1 atom stereocenters. The fourth-order valence-corrected chi connectivity index (χ4v) is 3.84. The van der Waals surface area contributed by atoms with Crippen LogP contribution in [0.2, 0.25) is 0 Å². The standard InChI is InChI=1S/C17H16N4O2S/c1-20-13-9-21(8-11-2-5-18-6-3-11)16(22)14(13)15(19-17(20)23)12-4-7-24-10-12/h2-7,10,15H,8-9H2,1H3,(H,19,23). The summed E-state index contributed by atoms with van der Waals surface area (Å²) in [6.07, 6.45) is 3.43. The van der Waals surface area contributed by atoms with Crippen molar-refractivity contribution in [2.75, 3.05) is 13.6 Å². The molecule has 0 aliphatic carbocycles. The van der Waals surface area contributed by atoms with Crippen molar-refractivity contribution in [3.05, 3.63) is 63.7 Å². The number of nitrogens with zero attached hydrogens (tertiary/aromatic N) is 3. The number of carbonyl (C=O) groups is 2. The van der Waals surface area contributed by atoms with Gasteiger partial charge < -0.3 is 10.2 Å². The number of nitrogens with one attached hydrogen (secondary N) is 1. The minimum absolute atomic E-state index is 0.0233. The molecule has 0 aromatic carbocycles. The van der Waals surface area contributed by atoms with Crippen LogP contribution in [0.25, 0.3) is 0 Å². The SMILES string of the molecule is CN1C(=O)NC(c2ccsc2)C2=C1CN(Cc1ccncc1)C2=O. The molecule has 4 rings (SSSR count). The van der Waals surface area contributed by atoms with Crippen molar-refractivity contribution in [3.63, 3.8) is 0 Å². The summed E-state index contributed by atoms with van der Waals surface area (Å²) in [5.41, 5.74) is 3.43. The quantitative estimate of drug-likeness (QED) is 0.931. The monoisotopic (exact) mass is 340 g/mol. The Morgan fingerprint density at radius 1 is 1.29 bits per heavy atom. The van der Waals surface area contributed by atoms with Gasteiger partial charge in [-0.15, -0.1) is 0 Å². The van der Waals surface area contributed by atoms with E-state index in [1.165, 1.54) is 0 Å². The number of likely N-dealkylation sites (N-methyl/N-ethyl adjacent to an activating group) is 1. The van der Waals surface area contributed by atoms with Gasteiger partial charge in [0.2, 0.25) is 0 Å². The average Bonchev–Trinajstić information content (AvgIpc) is 3.22. The van der Waals surface area contributed by atoms with Crippen LogP contribution in [-0.4, -0.2) is 40.3 Å². The molecule has 2 aliphatic heterocycles. The van der Waals surface area contributed by atoms with Crippen molar-refractivity contribution in [2.45, 2.75) is 12.6 Å². The molecule has 0 saturated carbocycles. The molecule has 6 nitrogen and oxygen atoms in total. The predicted molar refractivity (Wildman–Crippen MR) is 90.0 cm³/mol. The first kappa shape index (κ1) is 14.9. The largest absolute Gasteiger partial charge is 0.329 e. The fraction of sp³-hybridized carbons (Fsp3) is 0.235. The van der Waals surface area contributed by atoms with Gasteiger partial charge in [-0.05, 0) is 40.1 Å². The van der Waals surface area contributed by atoms with Crippen LogP contribution in [-0.2, 0) is 11.3 Å². The molecule has 0 spiro atoms. The summed E-state index contributed by atoms with van der Waals surface area (Å²) in [6.45, 7) is 0.952. The van der Waals surface area contributed by atoms with E-state index in [-0.39, 0.29) is 18.0 Å². The van der Waals surface area contributed by atoms with E-state index in [2.05, 4.69) is 10.3 Å². The lowest BCUT2D eigenvalue weighted by molar-refractivity contribution is -0.126. The highest BCUT2D eigenvalue weighted by molar-refractivity contribution is 7.08. The van der Waals surface area contributed by atoms with Gasteiger partial charge in [0.15, 0.2) is 0 Å². The second-order valence-corrected chi connectivity index (χ2v) is 6.66. The second-order valence-electron chi connectivity index (χ2n) is 5.88. The molecule has 1 unspecified atom stereocenters. The van der Waals surface area contributed by atoms with Crippen LogP contribution in [0.3, 0.4) is 0 Å². The third-order valence-electron chi connectivity index (χ3n) is 4.43. The molecule has 4 heterocycles. The number of rotatable bonds is 3. The lowest BCUT2D eigenvalue weighted by atomic mass is 9.98. The Morgan fingerprint density at radius 3 is 2.79 bits per heavy atom. The summed E-state index contributed by atoms with van der Waals surface area (Å²) in [7, 11) is 1.71. The molecule has 3 amide bonds. The molecule has 2 aromatic rings. The number of pyridine rings is 1. The van der Waals surface area contributed by atoms with Crippen LogP contribution in [0.1, 0.15) is 17.2 Å². The van der Waals surface area contributed by atoms with Gasteiger partial charge in [-0.1, -0.05) is 0 Å². The van der Waals surface area contributed by atoms with Gasteiger partial charge >= 0.3 is 6.03 Å². The molecule has 2 aromatic heterocycles. The maximum Gasteiger partial charge on any atom is 0.322 e. The molecule has 122 valence electrons.